The van der Waals surface area contributed by atoms with Crippen molar-refractivity contribution in [3.8, 4) is 50.3 Å². The number of furan rings is 1. The van der Waals surface area contributed by atoms with Crippen molar-refractivity contribution in [1.29, 1.82) is 0 Å². The van der Waals surface area contributed by atoms with Crippen LogP contribution in [0.3, 0.4) is 0 Å². The van der Waals surface area contributed by atoms with Crippen LogP contribution in [0.15, 0.2) is 199 Å². The molecule has 0 radical (unpaired) electrons. The molecule has 0 fully saturated rings. The highest BCUT2D eigenvalue weighted by molar-refractivity contribution is 6.11. The monoisotopic (exact) mass is 716 g/mol. The van der Waals surface area contributed by atoms with E-state index in [2.05, 4.69) is 185 Å². The number of pyridine rings is 1. The molecule has 3 aromatic heterocycles. The zero-order chi connectivity index (χ0) is 37.0. The second-order valence-corrected chi connectivity index (χ2v) is 14.7. The van der Waals surface area contributed by atoms with Gasteiger partial charge in [-0.25, -0.2) is 0 Å². The van der Waals surface area contributed by atoms with Crippen LogP contribution in [0.1, 0.15) is 23.3 Å². The van der Waals surface area contributed by atoms with Crippen LogP contribution in [0.25, 0.3) is 88.7 Å². The summed E-state index contributed by atoms with van der Waals surface area (Å²) < 4.78 is 9.14. The maximum Gasteiger partial charge on any atom is 0.138 e. The molecule has 3 nitrogen and oxygen atoms in total. The molecule has 264 valence electrons. The molecule has 1 aliphatic rings. The lowest BCUT2D eigenvalue weighted by Gasteiger charge is -2.14. The zero-order valence-electron chi connectivity index (χ0n) is 30.7. The number of para-hydroxylation sites is 1. The Morgan fingerprint density at radius 2 is 1.02 bits per heavy atom. The maximum atomic E-state index is 6.77. The Morgan fingerprint density at radius 3 is 1.71 bits per heavy atom. The minimum atomic E-state index is 0.931. The van der Waals surface area contributed by atoms with E-state index in [1.165, 1.54) is 71.7 Å². The van der Waals surface area contributed by atoms with Crippen LogP contribution in [0, 0.1) is 0 Å². The first-order valence-corrected chi connectivity index (χ1v) is 19.3. The molecule has 1 aliphatic carbocycles. The van der Waals surface area contributed by atoms with Gasteiger partial charge in [-0.2, -0.15) is 0 Å². The Bertz CT molecular complexity index is 3120. The molecule has 0 amide bonds. The summed E-state index contributed by atoms with van der Waals surface area (Å²) in [5.41, 5.74) is 17.4. The number of rotatable bonds is 6. The van der Waals surface area contributed by atoms with Gasteiger partial charge in [-0.3, -0.25) is 4.98 Å². The molecule has 0 N–H and O–H groups in total. The number of allylic oxidation sites excluding steroid dienone is 1. The summed E-state index contributed by atoms with van der Waals surface area (Å²) in [6.45, 7) is 0. The van der Waals surface area contributed by atoms with Gasteiger partial charge in [0.05, 0.1) is 16.7 Å². The van der Waals surface area contributed by atoms with Crippen LogP contribution in [0.2, 0.25) is 0 Å². The molecule has 0 unspecified atom stereocenters. The van der Waals surface area contributed by atoms with Gasteiger partial charge in [0.2, 0.25) is 0 Å². The van der Waals surface area contributed by atoms with E-state index in [4.69, 9.17) is 4.42 Å². The Hall–Kier alpha value is -7.23. The third kappa shape index (κ3) is 5.48. The van der Waals surface area contributed by atoms with Gasteiger partial charge < -0.3 is 8.98 Å². The van der Waals surface area contributed by atoms with Gasteiger partial charge in [0, 0.05) is 44.7 Å². The average molecular weight is 717 g/mol. The summed E-state index contributed by atoms with van der Waals surface area (Å²) in [6.07, 6.45) is 6.12. The van der Waals surface area contributed by atoms with E-state index in [1.54, 1.807) is 0 Å². The van der Waals surface area contributed by atoms with Crippen LogP contribution in [-0.2, 0) is 6.42 Å². The highest BCUT2D eigenvalue weighted by Gasteiger charge is 2.24. The first-order chi connectivity index (χ1) is 27.7. The van der Waals surface area contributed by atoms with E-state index in [0.717, 1.165) is 46.7 Å². The minimum Gasteiger partial charge on any atom is -0.456 e. The van der Waals surface area contributed by atoms with E-state index in [9.17, 15) is 0 Å². The molecule has 0 atom stereocenters. The second kappa shape index (κ2) is 13.3. The van der Waals surface area contributed by atoms with Crippen molar-refractivity contribution in [2.75, 3.05) is 0 Å². The standard InChI is InChI=1S/C53H36N2O/c1-3-12-35(13-4-1)36-14-9-15-37(30-36)38-16-10-17-39(31-38)40-25-28-52-48(32-40)45-21-11-20-44(53(45)56-52)41-23-26-50-46(33-41)47-34-42(49-22-7-8-29-54-49)24-27-51(47)55(50)43-18-5-2-6-19-43/h1-10,12-20,22-34H,11,21H2. The lowest BCUT2D eigenvalue weighted by atomic mass is 9.90. The molecule has 0 saturated carbocycles. The second-order valence-electron chi connectivity index (χ2n) is 14.7. The van der Waals surface area contributed by atoms with Crippen LogP contribution in [-0.4, -0.2) is 9.55 Å². The summed E-state index contributed by atoms with van der Waals surface area (Å²) in [5.74, 6) is 0.982. The summed E-state index contributed by atoms with van der Waals surface area (Å²) in [6, 6.07) is 65.3. The van der Waals surface area contributed by atoms with Gasteiger partial charge in [0.25, 0.3) is 0 Å². The van der Waals surface area contributed by atoms with E-state index in [0.29, 0.717) is 0 Å². The van der Waals surface area contributed by atoms with Gasteiger partial charge in [0.15, 0.2) is 0 Å². The van der Waals surface area contributed by atoms with E-state index < -0.39 is 0 Å². The Kier molecular flexibility index (Phi) is 7.63. The molecule has 3 heterocycles. The molecule has 0 bridgehead atoms. The van der Waals surface area contributed by atoms with Crippen molar-refractivity contribution < 1.29 is 4.42 Å². The Balaban J connectivity index is 0.989. The van der Waals surface area contributed by atoms with Crippen molar-refractivity contribution in [2.45, 2.75) is 12.8 Å². The van der Waals surface area contributed by atoms with Crippen molar-refractivity contribution in [2.24, 2.45) is 0 Å². The summed E-state index contributed by atoms with van der Waals surface area (Å²) in [4.78, 5) is 4.67. The lowest BCUT2D eigenvalue weighted by Crippen LogP contribution is -1.98. The molecule has 0 spiro atoms. The third-order valence-corrected chi connectivity index (χ3v) is 11.3. The Labute approximate surface area is 325 Å². The van der Waals surface area contributed by atoms with Crippen molar-refractivity contribution in [3.63, 3.8) is 0 Å². The number of fused-ring (bicyclic) bond motifs is 6. The number of nitrogens with zero attached hydrogens (tertiary/aromatic N) is 2. The Morgan fingerprint density at radius 1 is 0.446 bits per heavy atom. The fraction of sp³-hybridized carbons (Fsp3) is 0.0377. The van der Waals surface area contributed by atoms with Crippen LogP contribution < -0.4 is 0 Å². The lowest BCUT2D eigenvalue weighted by molar-refractivity contribution is 0.591. The maximum absolute atomic E-state index is 6.77. The SMILES string of the molecule is C1=C(c2ccc3c(c2)c2cc(-c4ccccn4)ccc2n3-c2ccccc2)c2oc3ccc(-c4cccc(-c5cccc(-c6ccccc6)c5)c4)cc3c2CC1. The summed E-state index contributed by atoms with van der Waals surface area (Å²) in [5, 5.41) is 3.61. The van der Waals surface area contributed by atoms with Crippen molar-refractivity contribution in [1.82, 2.24) is 9.55 Å². The molecule has 7 aromatic carbocycles. The fourth-order valence-corrected chi connectivity index (χ4v) is 8.62. The van der Waals surface area contributed by atoms with Crippen molar-refractivity contribution >= 4 is 38.3 Å². The number of benzene rings is 7. The first kappa shape index (κ1) is 32.2. The smallest absolute Gasteiger partial charge is 0.138 e. The molecule has 3 heteroatoms. The van der Waals surface area contributed by atoms with Gasteiger partial charge in [-0.1, -0.05) is 115 Å². The van der Waals surface area contributed by atoms with E-state index >= 15 is 0 Å². The highest BCUT2D eigenvalue weighted by Crippen LogP contribution is 2.42. The van der Waals surface area contributed by atoms with Gasteiger partial charge in [-0.05, 0) is 125 Å². The van der Waals surface area contributed by atoms with Crippen LogP contribution in [0.5, 0.6) is 0 Å². The van der Waals surface area contributed by atoms with Crippen LogP contribution in [0.4, 0.5) is 0 Å². The average Bonchev–Trinajstić information content (AvgIpc) is 3.82. The predicted molar refractivity (Wildman–Crippen MR) is 232 cm³/mol. The summed E-state index contributed by atoms with van der Waals surface area (Å²) >= 11 is 0. The number of hydrogen-bond acceptors (Lipinski definition) is 2. The van der Waals surface area contributed by atoms with Crippen LogP contribution >= 0.6 is 0 Å². The zero-order valence-corrected chi connectivity index (χ0v) is 30.7. The first-order valence-electron chi connectivity index (χ1n) is 19.3. The molecular weight excluding hydrogens is 681 g/mol. The normalized spacial score (nSPS) is 12.6. The number of aromatic nitrogens is 2. The minimum absolute atomic E-state index is 0.931. The molecule has 10 aromatic rings. The fourth-order valence-electron chi connectivity index (χ4n) is 8.62. The topological polar surface area (TPSA) is 31.0 Å². The van der Waals surface area contributed by atoms with E-state index in [1.807, 2.05) is 18.3 Å². The summed E-state index contributed by atoms with van der Waals surface area (Å²) in [7, 11) is 0. The molecule has 0 saturated heterocycles. The largest absolute Gasteiger partial charge is 0.456 e. The van der Waals surface area contributed by atoms with E-state index in [-0.39, 0.29) is 0 Å². The third-order valence-electron chi connectivity index (χ3n) is 11.3. The number of aryl methyl sites for hydroxylation is 1. The predicted octanol–water partition coefficient (Wildman–Crippen LogP) is 14.0. The van der Waals surface area contributed by atoms with Gasteiger partial charge >= 0.3 is 0 Å². The van der Waals surface area contributed by atoms with Gasteiger partial charge in [-0.15, -0.1) is 0 Å². The number of hydrogen-bond donors (Lipinski definition) is 0. The van der Waals surface area contributed by atoms with Crippen molar-refractivity contribution in [3.05, 3.63) is 211 Å². The van der Waals surface area contributed by atoms with Gasteiger partial charge in [0.1, 0.15) is 11.3 Å². The quantitative estimate of drug-likeness (QED) is 0.172. The molecular formula is C53H36N2O. The molecule has 0 aliphatic heterocycles. The molecule has 11 rings (SSSR count). The molecule has 56 heavy (non-hydrogen) atoms. The highest BCUT2D eigenvalue weighted by atomic mass is 16.3.